The first kappa shape index (κ1) is 17.5. The van der Waals surface area contributed by atoms with Gasteiger partial charge in [-0.05, 0) is 25.0 Å². The van der Waals surface area contributed by atoms with Gasteiger partial charge in [-0.15, -0.1) is 10.2 Å². The van der Waals surface area contributed by atoms with Crippen LogP contribution in [0.3, 0.4) is 0 Å². The third-order valence-electron chi connectivity index (χ3n) is 5.29. The predicted molar refractivity (Wildman–Crippen MR) is 99.8 cm³/mol. The SMILES string of the molecule is O=C(NCc1nncn1C1CCCCC1)C(Cc1cnc[nH]1)n1cccc1. The van der Waals surface area contributed by atoms with Crippen LogP contribution in [-0.4, -0.2) is 35.2 Å². The zero-order chi connectivity index (χ0) is 18.5. The van der Waals surface area contributed by atoms with Gasteiger partial charge in [0.05, 0.1) is 12.9 Å². The quantitative estimate of drug-likeness (QED) is 0.670. The molecule has 0 aromatic carbocycles. The number of amides is 1. The van der Waals surface area contributed by atoms with E-state index in [0.717, 1.165) is 24.4 Å². The highest BCUT2D eigenvalue weighted by Gasteiger charge is 2.23. The van der Waals surface area contributed by atoms with Gasteiger partial charge in [0.2, 0.25) is 5.91 Å². The van der Waals surface area contributed by atoms with Gasteiger partial charge in [0.1, 0.15) is 12.4 Å². The molecule has 0 aliphatic heterocycles. The Morgan fingerprint density at radius 1 is 1.26 bits per heavy atom. The van der Waals surface area contributed by atoms with Gasteiger partial charge in [-0.3, -0.25) is 4.79 Å². The molecule has 8 nitrogen and oxygen atoms in total. The lowest BCUT2D eigenvalue weighted by Gasteiger charge is -2.24. The summed E-state index contributed by atoms with van der Waals surface area (Å²) in [7, 11) is 0. The summed E-state index contributed by atoms with van der Waals surface area (Å²) in [4.78, 5) is 20.1. The van der Waals surface area contributed by atoms with E-state index in [0.29, 0.717) is 19.0 Å². The number of hydrogen-bond donors (Lipinski definition) is 2. The van der Waals surface area contributed by atoms with E-state index in [-0.39, 0.29) is 11.9 Å². The van der Waals surface area contributed by atoms with Crippen LogP contribution in [0.25, 0.3) is 0 Å². The van der Waals surface area contributed by atoms with E-state index in [1.165, 1.54) is 19.3 Å². The molecule has 1 aliphatic rings. The minimum absolute atomic E-state index is 0.0426. The lowest BCUT2D eigenvalue weighted by Crippen LogP contribution is -2.34. The maximum atomic E-state index is 12.9. The van der Waals surface area contributed by atoms with Crippen molar-refractivity contribution in [3.63, 3.8) is 0 Å². The first-order chi connectivity index (χ1) is 13.3. The molecule has 0 spiro atoms. The van der Waals surface area contributed by atoms with Crippen LogP contribution in [0.5, 0.6) is 0 Å². The Morgan fingerprint density at radius 2 is 2.07 bits per heavy atom. The van der Waals surface area contributed by atoms with E-state index in [9.17, 15) is 4.79 Å². The molecule has 27 heavy (non-hydrogen) atoms. The average molecular weight is 367 g/mol. The van der Waals surface area contributed by atoms with Gasteiger partial charge >= 0.3 is 0 Å². The molecule has 4 rings (SSSR count). The molecule has 2 N–H and O–H groups in total. The average Bonchev–Trinajstić information content (AvgIpc) is 3.47. The fourth-order valence-electron chi connectivity index (χ4n) is 3.83. The number of carbonyl (C=O) groups excluding carboxylic acids is 1. The van der Waals surface area contributed by atoms with Crippen LogP contribution < -0.4 is 5.32 Å². The summed E-state index contributed by atoms with van der Waals surface area (Å²) in [5.41, 5.74) is 0.925. The molecule has 1 aliphatic carbocycles. The third kappa shape index (κ3) is 4.10. The van der Waals surface area contributed by atoms with Gasteiger partial charge < -0.3 is 19.4 Å². The summed E-state index contributed by atoms with van der Waals surface area (Å²) in [6.45, 7) is 0.385. The van der Waals surface area contributed by atoms with E-state index in [2.05, 4.69) is 30.0 Å². The first-order valence-corrected chi connectivity index (χ1v) is 9.57. The van der Waals surface area contributed by atoms with Crippen molar-refractivity contribution < 1.29 is 4.79 Å². The third-order valence-corrected chi connectivity index (χ3v) is 5.29. The number of aromatic nitrogens is 6. The molecule has 0 bridgehead atoms. The van der Waals surface area contributed by atoms with Crippen molar-refractivity contribution >= 4 is 5.91 Å². The van der Waals surface area contributed by atoms with E-state index >= 15 is 0 Å². The minimum atomic E-state index is -0.341. The Labute approximate surface area is 158 Å². The van der Waals surface area contributed by atoms with Gasteiger partial charge in [0.15, 0.2) is 5.82 Å². The number of nitrogens with one attached hydrogen (secondary N) is 2. The Kier molecular flexibility index (Phi) is 5.32. The van der Waals surface area contributed by atoms with Crippen molar-refractivity contribution in [1.29, 1.82) is 0 Å². The first-order valence-electron chi connectivity index (χ1n) is 9.57. The molecule has 3 aromatic heterocycles. The number of hydrogen-bond acceptors (Lipinski definition) is 4. The number of aromatic amines is 1. The van der Waals surface area contributed by atoms with Gasteiger partial charge in [-0.2, -0.15) is 0 Å². The number of nitrogens with zero attached hydrogens (tertiary/aromatic N) is 5. The second-order valence-corrected chi connectivity index (χ2v) is 7.09. The van der Waals surface area contributed by atoms with Gasteiger partial charge in [-0.25, -0.2) is 4.98 Å². The van der Waals surface area contributed by atoms with Crippen LogP contribution in [-0.2, 0) is 17.8 Å². The summed E-state index contributed by atoms with van der Waals surface area (Å²) < 4.78 is 4.06. The van der Waals surface area contributed by atoms with Gasteiger partial charge in [0, 0.05) is 36.7 Å². The van der Waals surface area contributed by atoms with Crippen LogP contribution in [0.15, 0.2) is 43.4 Å². The second-order valence-electron chi connectivity index (χ2n) is 7.09. The van der Waals surface area contributed by atoms with Gasteiger partial charge in [-0.1, -0.05) is 19.3 Å². The van der Waals surface area contributed by atoms with Crippen LogP contribution >= 0.6 is 0 Å². The molecule has 1 unspecified atom stereocenters. The normalized spacial score (nSPS) is 16.3. The second kappa shape index (κ2) is 8.20. The molecular weight excluding hydrogens is 342 g/mol. The molecule has 142 valence electrons. The molecular formula is C19H25N7O. The van der Waals surface area contributed by atoms with Crippen molar-refractivity contribution in [1.82, 2.24) is 34.6 Å². The standard InChI is InChI=1S/C19H25N7O/c27-19(17(25-8-4-5-9-25)10-15-11-20-13-22-15)21-12-18-24-23-14-26(18)16-6-2-1-3-7-16/h4-5,8-9,11,13-14,16-17H,1-3,6-7,10,12H2,(H,20,22)(H,21,27). The molecule has 3 aromatic rings. The Hall–Kier alpha value is -2.90. The lowest BCUT2D eigenvalue weighted by molar-refractivity contribution is -0.124. The maximum Gasteiger partial charge on any atom is 0.243 e. The Morgan fingerprint density at radius 3 is 2.81 bits per heavy atom. The predicted octanol–water partition coefficient (Wildman–Crippen LogP) is 2.41. The highest BCUT2D eigenvalue weighted by Crippen LogP contribution is 2.28. The number of carbonyl (C=O) groups is 1. The molecule has 8 heteroatoms. The zero-order valence-corrected chi connectivity index (χ0v) is 15.3. The summed E-state index contributed by atoms with van der Waals surface area (Å²) >= 11 is 0. The van der Waals surface area contributed by atoms with Crippen molar-refractivity contribution in [3.8, 4) is 0 Å². The topological polar surface area (TPSA) is 93.4 Å². The summed E-state index contributed by atoms with van der Waals surface area (Å²) in [5.74, 6) is 0.780. The minimum Gasteiger partial charge on any atom is -0.348 e. The fourth-order valence-corrected chi connectivity index (χ4v) is 3.83. The van der Waals surface area contributed by atoms with E-state index in [4.69, 9.17) is 0 Å². The Balaban J connectivity index is 1.43. The molecule has 0 radical (unpaired) electrons. The lowest BCUT2D eigenvalue weighted by atomic mass is 9.95. The van der Waals surface area contributed by atoms with Crippen LogP contribution in [0.4, 0.5) is 0 Å². The molecule has 0 saturated heterocycles. The van der Waals surface area contributed by atoms with Crippen molar-refractivity contribution in [3.05, 3.63) is 54.9 Å². The van der Waals surface area contributed by atoms with Gasteiger partial charge in [0.25, 0.3) is 0 Å². The van der Waals surface area contributed by atoms with E-state index in [1.807, 2.05) is 29.1 Å². The molecule has 1 fully saturated rings. The van der Waals surface area contributed by atoms with Crippen molar-refractivity contribution in [2.24, 2.45) is 0 Å². The maximum absolute atomic E-state index is 12.9. The summed E-state index contributed by atoms with van der Waals surface area (Å²) in [5, 5.41) is 11.4. The highest BCUT2D eigenvalue weighted by atomic mass is 16.2. The van der Waals surface area contributed by atoms with E-state index < -0.39 is 0 Å². The van der Waals surface area contributed by atoms with E-state index in [1.54, 1.807) is 18.9 Å². The van der Waals surface area contributed by atoms with Crippen LogP contribution in [0, 0.1) is 0 Å². The smallest absolute Gasteiger partial charge is 0.243 e. The monoisotopic (exact) mass is 367 g/mol. The van der Waals surface area contributed by atoms with Crippen molar-refractivity contribution in [2.45, 2.75) is 57.2 Å². The van der Waals surface area contributed by atoms with Crippen molar-refractivity contribution in [2.75, 3.05) is 0 Å². The summed E-state index contributed by atoms with van der Waals surface area (Å²) in [6, 6.07) is 3.96. The number of imidazole rings is 1. The fraction of sp³-hybridized carbons (Fsp3) is 0.474. The summed E-state index contributed by atoms with van der Waals surface area (Å²) in [6.07, 6.45) is 15.7. The molecule has 1 atom stereocenters. The number of rotatable bonds is 7. The highest BCUT2D eigenvalue weighted by molar-refractivity contribution is 5.80. The zero-order valence-electron chi connectivity index (χ0n) is 15.3. The van der Waals surface area contributed by atoms with Crippen LogP contribution in [0.1, 0.15) is 55.7 Å². The van der Waals surface area contributed by atoms with Crippen LogP contribution in [0.2, 0.25) is 0 Å². The molecule has 3 heterocycles. The molecule has 1 amide bonds. The number of H-pyrrole nitrogens is 1. The molecule has 1 saturated carbocycles. The Bertz CT molecular complexity index is 831. The largest absolute Gasteiger partial charge is 0.348 e.